The van der Waals surface area contributed by atoms with Crippen molar-refractivity contribution in [3.8, 4) is 16.9 Å². The van der Waals surface area contributed by atoms with Crippen molar-refractivity contribution in [2.75, 3.05) is 30.5 Å². The minimum Gasteiger partial charge on any atom is -0.506 e. The highest BCUT2D eigenvalue weighted by atomic mass is 32.2. The van der Waals surface area contributed by atoms with Crippen molar-refractivity contribution in [1.29, 1.82) is 0 Å². The Morgan fingerprint density at radius 3 is 2.49 bits per heavy atom. The van der Waals surface area contributed by atoms with Crippen LogP contribution in [-0.4, -0.2) is 81.9 Å². The van der Waals surface area contributed by atoms with Crippen LogP contribution in [0.15, 0.2) is 54.9 Å². The molecule has 0 spiro atoms. The third-order valence-corrected chi connectivity index (χ3v) is 11.6. The molecule has 2 aromatic heterocycles. The van der Waals surface area contributed by atoms with Crippen LogP contribution >= 0.6 is 0 Å². The van der Waals surface area contributed by atoms with Gasteiger partial charge in [-0.3, -0.25) is 29.1 Å². The molecule has 51 heavy (non-hydrogen) atoms. The van der Waals surface area contributed by atoms with Crippen LogP contribution in [0.5, 0.6) is 5.75 Å². The van der Waals surface area contributed by atoms with Crippen molar-refractivity contribution in [3.63, 3.8) is 0 Å². The maximum absolute atomic E-state index is 15.5. The zero-order valence-corrected chi connectivity index (χ0v) is 28.5. The number of likely N-dealkylation sites (tertiary alicyclic amines) is 1. The smallest absolute Gasteiger partial charge is 0.326 e. The number of anilines is 1. The van der Waals surface area contributed by atoms with Gasteiger partial charge in [-0.25, -0.2) is 13.4 Å². The summed E-state index contributed by atoms with van der Waals surface area (Å²) in [7, 11) is -2.41. The normalized spacial score (nSPS) is 20.0. The van der Waals surface area contributed by atoms with Gasteiger partial charge in [0.15, 0.2) is 5.82 Å². The fourth-order valence-electron chi connectivity index (χ4n) is 7.54. The second kappa shape index (κ2) is 12.5. The third kappa shape index (κ3) is 5.97. The number of hydrogen-bond acceptors (Lipinski definition) is 9. The summed E-state index contributed by atoms with van der Waals surface area (Å²) in [5, 5.41) is 23.7. The lowest BCUT2D eigenvalue weighted by Gasteiger charge is -2.32. The van der Waals surface area contributed by atoms with E-state index in [0.717, 1.165) is 60.2 Å². The van der Waals surface area contributed by atoms with Crippen LogP contribution in [0.4, 0.5) is 10.1 Å². The van der Waals surface area contributed by atoms with E-state index in [1.807, 2.05) is 22.6 Å². The van der Waals surface area contributed by atoms with E-state index in [2.05, 4.69) is 38.6 Å². The number of fused-ring (bicyclic) bond motifs is 2. The van der Waals surface area contributed by atoms with E-state index in [-0.39, 0.29) is 17.2 Å². The summed E-state index contributed by atoms with van der Waals surface area (Å²) in [6.45, 7) is 2.76. The zero-order chi connectivity index (χ0) is 35.6. The quantitative estimate of drug-likeness (QED) is 0.215. The van der Waals surface area contributed by atoms with Crippen molar-refractivity contribution >= 4 is 55.3 Å². The first-order valence-electron chi connectivity index (χ1n) is 16.8. The van der Waals surface area contributed by atoms with Gasteiger partial charge in [0.05, 0.1) is 29.9 Å². The number of carbonyl (C=O) groups is 3. The molecule has 0 bridgehead atoms. The molecule has 8 rings (SSSR count). The summed E-state index contributed by atoms with van der Waals surface area (Å²) >= 11 is 0. The Labute approximate surface area is 292 Å². The monoisotopic (exact) mass is 714 g/mol. The summed E-state index contributed by atoms with van der Waals surface area (Å²) in [6, 6.07) is 12.6. The minimum atomic E-state index is -4.30. The van der Waals surface area contributed by atoms with Gasteiger partial charge in [0.1, 0.15) is 18.0 Å². The topological polar surface area (TPSA) is 172 Å². The molecule has 3 N–H and O–H groups in total. The molecule has 14 nitrogen and oxygen atoms in total. The lowest BCUT2D eigenvalue weighted by Crippen LogP contribution is -2.39. The molecule has 0 radical (unpaired) electrons. The van der Waals surface area contributed by atoms with Crippen LogP contribution in [0, 0.1) is 5.82 Å². The van der Waals surface area contributed by atoms with E-state index >= 15 is 4.39 Å². The molecule has 264 valence electrons. The van der Waals surface area contributed by atoms with Gasteiger partial charge < -0.3 is 10.0 Å². The molecule has 3 aliphatic heterocycles. The number of rotatable bonds is 7. The van der Waals surface area contributed by atoms with E-state index in [1.165, 1.54) is 17.7 Å². The summed E-state index contributed by atoms with van der Waals surface area (Å²) in [5.41, 5.74) is 3.95. The number of imide groups is 1. The highest BCUT2D eigenvalue weighted by Gasteiger charge is 2.38. The second-order valence-corrected chi connectivity index (χ2v) is 15.0. The maximum Gasteiger partial charge on any atom is 0.326 e. The summed E-state index contributed by atoms with van der Waals surface area (Å²) in [6.07, 6.45) is 6.44. The Kier molecular flexibility index (Phi) is 8.02. The van der Waals surface area contributed by atoms with Gasteiger partial charge in [0.2, 0.25) is 11.8 Å². The molecule has 5 heterocycles. The van der Waals surface area contributed by atoms with E-state index in [1.54, 1.807) is 23.1 Å². The number of nitrogens with zero attached hydrogens (tertiary/aromatic N) is 6. The fourth-order valence-corrected chi connectivity index (χ4v) is 8.70. The molecular formula is C35H35FN8O6S. The number of carbonyl (C=O) groups excluding carboxylic acids is 3. The number of halogens is 1. The van der Waals surface area contributed by atoms with Gasteiger partial charge >= 0.3 is 10.2 Å². The maximum atomic E-state index is 15.5. The Bertz CT molecular complexity index is 2360. The Morgan fingerprint density at radius 1 is 0.961 bits per heavy atom. The van der Waals surface area contributed by atoms with Gasteiger partial charge in [0, 0.05) is 42.5 Å². The Balaban J connectivity index is 0.898. The first kappa shape index (κ1) is 32.8. The minimum absolute atomic E-state index is 0.106. The number of amides is 3. The zero-order valence-electron chi connectivity index (χ0n) is 27.7. The van der Waals surface area contributed by atoms with Gasteiger partial charge in [-0.1, -0.05) is 24.3 Å². The number of phenols is 1. The molecule has 3 fully saturated rings. The average molecular weight is 715 g/mol. The molecular weight excluding hydrogens is 680 g/mol. The first-order valence-corrected chi connectivity index (χ1v) is 18.2. The predicted molar refractivity (Wildman–Crippen MR) is 185 cm³/mol. The number of aromatic nitrogens is 4. The van der Waals surface area contributed by atoms with Gasteiger partial charge in [-0.15, -0.1) is 0 Å². The number of aryl methyl sites for hydroxylation is 1. The van der Waals surface area contributed by atoms with Crippen LogP contribution < -0.4 is 14.3 Å². The number of benzene rings is 3. The first-order chi connectivity index (χ1) is 24.4. The highest BCUT2D eigenvalue weighted by Crippen LogP contribution is 2.40. The van der Waals surface area contributed by atoms with Crippen molar-refractivity contribution in [1.82, 2.24) is 34.5 Å². The second-order valence-electron chi connectivity index (χ2n) is 13.4. The molecule has 5 aromatic rings. The number of nitrogens with one attached hydrogen (secondary N) is 2. The Morgan fingerprint density at radius 2 is 1.75 bits per heavy atom. The lowest BCUT2D eigenvalue weighted by atomic mass is 9.88. The largest absolute Gasteiger partial charge is 0.506 e. The molecule has 3 aromatic carbocycles. The standard InChI is InChI=1S/C35H35FN8O6S/c1-41-28-15-22(3-5-26(28)33(39-41)27-6-7-30(46)38-35(27)48)20-8-10-42(11-9-20)12-13-43-18-24(17-37-43)21-2-4-25-23(14-21)16-29(45)34(32(25)36)44-19-31(47)40-51(44,49)50/h2-5,14-18,20,27,45H,6-13,19H2,1H3,(H,40,47)(H,38,46,48). The molecule has 3 aliphatic rings. The molecule has 1 unspecified atom stereocenters. The van der Waals surface area contributed by atoms with Crippen LogP contribution in [0.1, 0.15) is 48.8 Å². The van der Waals surface area contributed by atoms with Gasteiger partial charge in [-0.05, 0) is 73.0 Å². The molecule has 0 saturated carbocycles. The van der Waals surface area contributed by atoms with Gasteiger partial charge in [0.25, 0.3) is 5.91 Å². The summed E-state index contributed by atoms with van der Waals surface area (Å²) in [4.78, 5) is 38.2. The lowest BCUT2D eigenvalue weighted by molar-refractivity contribution is -0.134. The van der Waals surface area contributed by atoms with Crippen molar-refractivity contribution in [2.45, 2.75) is 44.1 Å². The van der Waals surface area contributed by atoms with Crippen molar-refractivity contribution in [2.24, 2.45) is 7.05 Å². The highest BCUT2D eigenvalue weighted by molar-refractivity contribution is 7.92. The van der Waals surface area contributed by atoms with Crippen molar-refractivity contribution < 1.29 is 32.3 Å². The summed E-state index contributed by atoms with van der Waals surface area (Å²) in [5.74, 6) is -2.88. The molecule has 16 heteroatoms. The summed E-state index contributed by atoms with van der Waals surface area (Å²) < 4.78 is 46.1. The molecule has 3 amide bonds. The molecule has 3 saturated heterocycles. The predicted octanol–water partition coefficient (Wildman–Crippen LogP) is 3.02. The number of hydrogen-bond donors (Lipinski definition) is 3. The molecule has 0 aliphatic carbocycles. The average Bonchev–Trinajstić information content (AvgIpc) is 3.78. The van der Waals surface area contributed by atoms with Crippen LogP contribution in [0.2, 0.25) is 0 Å². The fraction of sp³-hybridized carbons (Fsp3) is 0.343. The van der Waals surface area contributed by atoms with E-state index < -0.39 is 45.8 Å². The number of piperidine rings is 2. The van der Waals surface area contributed by atoms with Crippen LogP contribution in [-0.2, 0) is 38.2 Å². The van der Waals surface area contributed by atoms with E-state index in [9.17, 15) is 27.9 Å². The Hall–Kier alpha value is -5.35. The third-order valence-electron chi connectivity index (χ3n) is 10.2. The van der Waals surface area contributed by atoms with Gasteiger partial charge in [-0.2, -0.15) is 18.6 Å². The van der Waals surface area contributed by atoms with E-state index in [0.29, 0.717) is 35.0 Å². The van der Waals surface area contributed by atoms with Crippen molar-refractivity contribution in [3.05, 3.63) is 71.9 Å². The molecule has 1 atom stereocenters. The SMILES string of the molecule is Cn1nc(C2CCC(=O)NC2=O)c2ccc(C3CCN(CCn4cc(-c5ccc6c(F)c(N7CC(=O)NS7(=O)=O)c(O)cc6c5)cn4)CC3)cc21. The number of phenolic OH excluding ortho intramolecular Hbond substituents is 1. The van der Waals surface area contributed by atoms with E-state index in [4.69, 9.17) is 0 Å². The van der Waals surface area contributed by atoms with Crippen LogP contribution in [0.3, 0.4) is 0 Å². The van der Waals surface area contributed by atoms with Crippen LogP contribution in [0.25, 0.3) is 32.8 Å². The number of aromatic hydroxyl groups is 1.